The van der Waals surface area contributed by atoms with Gasteiger partial charge in [-0.05, 0) is 56.9 Å². The molecule has 0 bridgehead atoms. The molecule has 0 spiro atoms. The van der Waals surface area contributed by atoms with Gasteiger partial charge in [0.05, 0.1) is 0 Å². The molecule has 1 aromatic carbocycles. The van der Waals surface area contributed by atoms with Crippen molar-refractivity contribution >= 4 is 17.3 Å². The maximum Gasteiger partial charge on any atom is 0.134 e. The minimum atomic E-state index is -0.186. The van der Waals surface area contributed by atoms with Gasteiger partial charge in [0, 0.05) is 50.5 Å². The molecule has 1 atom stereocenters. The Balaban J connectivity index is 1.47. The number of piperidine rings is 1. The monoisotopic (exact) mass is 383 g/mol. The third-order valence-electron chi connectivity index (χ3n) is 6.00. The molecule has 1 unspecified atom stereocenters. The summed E-state index contributed by atoms with van der Waals surface area (Å²) in [5.41, 5.74) is 1.08. The second kappa shape index (κ2) is 8.33. The van der Waals surface area contributed by atoms with Crippen LogP contribution in [0.1, 0.15) is 38.4 Å². The standard InChI is InChI=1S/C22H30FN5/c1-3-19-6-4-5-11-28(19)22-16-21(24-17(2)25-22)27-14-12-26(13-15-27)20-9-7-18(23)8-10-20/h7-10,16,19H,3-6,11-15H2,1-2H3. The van der Waals surface area contributed by atoms with E-state index in [1.807, 2.05) is 19.1 Å². The van der Waals surface area contributed by atoms with Gasteiger partial charge in [0.25, 0.3) is 0 Å². The Labute approximate surface area is 167 Å². The first kappa shape index (κ1) is 19.0. The van der Waals surface area contributed by atoms with Crippen molar-refractivity contribution in [2.45, 2.75) is 45.6 Å². The molecule has 5 nitrogen and oxygen atoms in total. The van der Waals surface area contributed by atoms with E-state index in [0.29, 0.717) is 6.04 Å². The van der Waals surface area contributed by atoms with Crippen LogP contribution in [0, 0.1) is 12.7 Å². The third kappa shape index (κ3) is 4.05. The first-order valence-corrected chi connectivity index (χ1v) is 10.5. The fourth-order valence-electron chi connectivity index (χ4n) is 4.42. The van der Waals surface area contributed by atoms with Gasteiger partial charge in [-0.15, -0.1) is 0 Å². The Kier molecular flexibility index (Phi) is 5.64. The van der Waals surface area contributed by atoms with Gasteiger partial charge < -0.3 is 14.7 Å². The summed E-state index contributed by atoms with van der Waals surface area (Å²) in [5, 5.41) is 0. The van der Waals surface area contributed by atoms with Crippen LogP contribution in [-0.4, -0.2) is 48.7 Å². The summed E-state index contributed by atoms with van der Waals surface area (Å²) in [6.07, 6.45) is 4.97. The van der Waals surface area contributed by atoms with Crippen LogP contribution in [0.2, 0.25) is 0 Å². The highest BCUT2D eigenvalue weighted by molar-refractivity contribution is 5.54. The SMILES string of the molecule is CCC1CCCCN1c1cc(N2CCN(c3ccc(F)cc3)CC2)nc(C)n1. The molecule has 1 aromatic heterocycles. The molecule has 0 N–H and O–H groups in total. The van der Waals surface area contributed by atoms with Crippen molar-refractivity contribution in [2.75, 3.05) is 47.4 Å². The van der Waals surface area contributed by atoms with Crippen LogP contribution in [0.3, 0.4) is 0 Å². The minimum Gasteiger partial charge on any atom is -0.368 e. The van der Waals surface area contributed by atoms with Crippen LogP contribution in [0.4, 0.5) is 21.7 Å². The Morgan fingerprint density at radius 3 is 2.32 bits per heavy atom. The Bertz CT molecular complexity index is 786. The van der Waals surface area contributed by atoms with Crippen LogP contribution >= 0.6 is 0 Å². The lowest BCUT2D eigenvalue weighted by Crippen LogP contribution is -2.47. The van der Waals surface area contributed by atoms with E-state index in [2.05, 4.69) is 27.7 Å². The lowest BCUT2D eigenvalue weighted by Gasteiger charge is -2.38. The van der Waals surface area contributed by atoms with Gasteiger partial charge in [-0.3, -0.25) is 0 Å². The predicted octanol–water partition coefficient (Wildman–Crippen LogP) is 4.02. The summed E-state index contributed by atoms with van der Waals surface area (Å²) in [7, 11) is 0. The molecule has 0 amide bonds. The molecule has 2 aromatic rings. The minimum absolute atomic E-state index is 0.186. The molecule has 2 fully saturated rings. The molecular weight excluding hydrogens is 353 g/mol. The number of nitrogens with zero attached hydrogens (tertiary/aromatic N) is 5. The van der Waals surface area contributed by atoms with E-state index in [1.54, 1.807) is 0 Å². The maximum atomic E-state index is 13.2. The van der Waals surface area contributed by atoms with Gasteiger partial charge >= 0.3 is 0 Å². The highest BCUT2D eigenvalue weighted by Crippen LogP contribution is 2.28. The zero-order valence-corrected chi connectivity index (χ0v) is 16.9. The Morgan fingerprint density at radius 2 is 1.61 bits per heavy atom. The Hall–Kier alpha value is -2.37. The summed E-state index contributed by atoms with van der Waals surface area (Å²) in [4.78, 5) is 16.6. The lowest BCUT2D eigenvalue weighted by molar-refractivity contribution is 0.446. The largest absolute Gasteiger partial charge is 0.368 e. The average molecular weight is 384 g/mol. The normalized spacial score (nSPS) is 20.5. The van der Waals surface area contributed by atoms with E-state index in [9.17, 15) is 4.39 Å². The van der Waals surface area contributed by atoms with Gasteiger partial charge in [0.1, 0.15) is 23.3 Å². The van der Waals surface area contributed by atoms with Crippen LogP contribution in [0.25, 0.3) is 0 Å². The number of aryl methyl sites for hydroxylation is 1. The smallest absolute Gasteiger partial charge is 0.134 e. The summed E-state index contributed by atoms with van der Waals surface area (Å²) in [5.74, 6) is 2.76. The fourth-order valence-corrected chi connectivity index (χ4v) is 4.42. The van der Waals surface area contributed by atoms with E-state index in [1.165, 1.54) is 31.4 Å². The van der Waals surface area contributed by atoms with Crippen LogP contribution in [-0.2, 0) is 0 Å². The van der Waals surface area contributed by atoms with Crippen LogP contribution in [0.15, 0.2) is 30.3 Å². The number of anilines is 3. The molecule has 2 aliphatic rings. The number of benzene rings is 1. The number of hydrogen-bond donors (Lipinski definition) is 0. The van der Waals surface area contributed by atoms with Crippen LogP contribution in [0.5, 0.6) is 0 Å². The summed E-state index contributed by atoms with van der Waals surface area (Å²) in [6.45, 7) is 8.98. The van der Waals surface area contributed by atoms with E-state index < -0.39 is 0 Å². The third-order valence-corrected chi connectivity index (χ3v) is 6.00. The van der Waals surface area contributed by atoms with Crippen molar-refractivity contribution in [1.82, 2.24) is 9.97 Å². The molecule has 0 aliphatic carbocycles. The van der Waals surface area contributed by atoms with Crippen molar-refractivity contribution in [2.24, 2.45) is 0 Å². The maximum absolute atomic E-state index is 13.2. The van der Waals surface area contributed by atoms with Gasteiger partial charge in [0.15, 0.2) is 0 Å². The predicted molar refractivity (Wildman–Crippen MR) is 113 cm³/mol. The molecule has 2 saturated heterocycles. The van der Waals surface area contributed by atoms with E-state index >= 15 is 0 Å². The van der Waals surface area contributed by atoms with E-state index in [4.69, 9.17) is 9.97 Å². The quantitative estimate of drug-likeness (QED) is 0.797. The van der Waals surface area contributed by atoms with Crippen molar-refractivity contribution in [3.05, 3.63) is 42.0 Å². The number of aromatic nitrogens is 2. The molecule has 6 heteroatoms. The molecular formula is C22H30FN5. The molecule has 0 saturated carbocycles. The summed E-state index contributed by atoms with van der Waals surface area (Å²) >= 11 is 0. The second-order valence-corrected chi connectivity index (χ2v) is 7.83. The fraction of sp³-hybridized carbons (Fsp3) is 0.545. The molecule has 0 radical (unpaired) electrons. The highest BCUT2D eigenvalue weighted by atomic mass is 19.1. The number of piperazine rings is 1. The second-order valence-electron chi connectivity index (χ2n) is 7.83. The average Bonchev–Trinajstić information content (AvgIpc) is 2.74. The summed E-state index contributed by atoms with van der Waals surface area (Å²) < 4.78 is 13.2. The van der Waals surface area contributed by atoms with Crippen molar-refractivity contribution in [3.63, 3.8) is 0 Å². The number of hydrogen-bond acceptors (Lipinski definition) is 5. The van der Waals surface area contributed by atoms with Gasteiger partial charge in [-0.1, -0.05) is 6.92 Å². The molecule has 2 aliphatic heterocycles. The number of rotatable bonds is 4. The molecule has 150 valence electrons. The zero-order chi connectivity index (χ0) is 19.5. The molecule has 3 heterocycles. The van der Waals surface area contributed by atoms with Gasteiger partial charge in [-0.2, -0.15) is 0 Å². The van der Waals surface area contributed by atoms with Gasteiger partial charge in [-0.25, -0.2) is 14.4 Å². The number of halogens is 1. The van der Waals surface area contributed by atoms with E-state index in [-0.39, 0.29) is 5.82 Å². The van der Waals surface area contributed by atoms with Gasteiger partial charge in [0.2, 0.25) is 0 Å². The first-order chi connectivity index (χ1) is 13.6. The van der Waals surface area contributed by atoms with Crippen molar-refractivity contribution in [3.8, 4) is 0 Å². The highest BCUT2D eigenvalue weighted by Gasteiger charge is 2.24. The lowest BCUT2D eigenvalue weighted by atomic mass is 10.00. The summed E-state index contributed by atoms with van der Waals surface area (Å²) in [6, 6.07) is 9.55. The first-order valence-electron chi connectivity index (χ1n) is 10.5. The Morgan fingerprint density at radius 1 is 0.929 bits per heavy atom. The topological polar surface area (TPSA) is 35.5 Å². The van der Waals surface area contributed by atoms with Crippen LogP contribution < -0.4 is 14.7 Å². The van der Waals surface area contributed by atoms with Crippen molar-refractivity contribution < 1.29 is 4.39 Å². The molecule has 4 rings (SSSR count). The van der Waals surface area contributed by atoms with Crippen molar-refractivity contribution in [1.29, 1.82) is 0 Å². The van der Waals surface area contributed by atoms with E-state index in [0.717, 1.165) is 62.3 Å². The molecule has 28 heavy (non-hydrogen) atoms. The zero-order valence-electron chi connectivity index (χ0n) is 16.9.